The van der Waals surface area contributed by atoms with E-state index >= 15 is 0 Å². The van der Waals surface area contributed by atoms with Gasteiger partial charge in [0.25, 0.3) is 0 Å². The number of benzene rings is 2. The first-order chi connectivity index (χ1) is 13.9. The van der Waals surface area contributed by atoms with Gasteiger partial charge in [0.2, 0.25) is 0 Å². The molecule has 2 heterocycles. The lowest BCUT2D eigenvalue weighted by Gasteiger charge is -2.13. The fraction of sp³-hybridized carbons (Fsp3) is 0.261. The fourth-order valence-electron chi connectivity index (χ4n) is 3.39. The van der Waals surface area contributed by atoms with Crippen LogP contribution in [0.2, 0.25) is 0 Å². The standard InChI is InChI=1S/C23H24N4O2/c1-5-15(4)29-23(28)19-20-22(26-17-9-7-6-8-16(17)25-20)27(21(19)24)18-12-13(2)10-11-14(18)3/h6-12,15H,5,24H2,1-4H3/t15-/m0/s1. The Hall–Kier alpha value is -3.41. The molecule has 0 fully saturated rings. The van der Waals surface area contributed by atoms with Crippen molar-refractivity contribution in [1.82, 2.24) is 14.5 Å². The molecule has 4 aromatic rings. The van der Waals surface area contributed by atoms with Gasteiger partial charge in [-0.2, -0.15) is 0 Å². The molecule has 6 nitrogen and oxygen atoms in total. The van der Waals surface area contributed by atoms with Crippen LogP contribution in [-0.2, 0) is 4.74 Å². The highest BCUT2D eigenvalue weighted by molar-refractivity contribution is 6.09. The van der Waals surface area contributed by atoms with Crippen LogP contribution < -0.4 is 5.73 Å². The van der Waals surface area contributed by atoms with Crippen LogP contribution in [0.5, 0.6) is 0 Å². The molecule has 2 aromatic carbocycles. The zero-order chi connectivity index (χ0) is 20.7. The maximum Gasteiger partial charge on any atom is 0.344 e. The second-order valence-corrected chi connectivity index (χ2v) is 7.39. The lowest BCUT2D eigenvalue weighted by Crippen LogP contribution is -2.15. The Kier molecular flexibility index (Phi) is 4.70. The minimum Gasteiger partial charge on any atom is -0.459 e. The largest absolute Gasteiger partial charge is 0.459 e. The quantitative estimate of drug-likeness (QED) is 0.511. The molecule has 0 unspecified atom stereocenters. The van der Waals surface area contributed by atoms with Crippen LogP contribution in [-0.4, -0.2) is 26.6 Å². The SMILES string of the molecule is CC[C@H](C)OC(=O)c1c(N)n(-c2cc(C)ccc2C)c2nc3ccccc3nc12. The second-order valence-electron chi connectivity index (χ2n) is 7.39. The number of nitrogens with zero attached hydrogens (tertiary/aromatic N) is 3. The molecule has 4 rings (SSSR count). The number of aryl methyl sites for hydroxylation is 2. The van der Waals surface area contributed by atoms with Crippen molar-refractivity contribution in [2.24, 2.45) is 0 Å². The molecular weight excluding hydrogens is 364 g/mol. The van der Waals surface area contributed by atoms with Crippen LogP contribution >= 0.6 is 0 Å². The third-order valence-corrected chi connectivity index (χ3v) is 5.19. The van der Waals surface area contributed by atoms with Crippen LogP contribution in [0.1, 0.15) is 41.8 Å². The van der Waals surface area contributed by atoms with Crippen molar-refractivity contribution in [3.63, 3.8) is 0 Å². The third-order valence-electron chi connectivity index (χ3n) is 5.19. The number of esters is 1. The highest BCUT2D eigenvalue weighted by Crippen LogP contribution is 2.33. The van der Waals surface area contributed by atoms with Crippen molar-refractivity contribution in [2.75, 3.05) is 5.73 Å². The fourth-order valence-corrected chi connectivity index (χ4v) is 3.39. The summed E-state index contributed by atoms with van der Waals surface area (Å²) in [5.41, 5.74) is 12.2. The molecule has 0 aliphatic rings. The maximum absolute atomic E-state index is 13.0. The van der Waals surface area contributed by atoms with Crippen LogP contribution in [0.25, 0.3) is 27.9 Å². The summed E-state index contributed by atoms with van der Waals surface area (Å²) >= 11 is 0. The minimum absolute atomic E-state index is 0.213. The zero-order valence-electron chi connectivity index (χ0n) is 17.1. The number of hydrogen-bond donors (Lipinski definition) is 1. The van der Waals surface area contributed by atoms with Crippen LogP contribution in [0.3, 0.4) is 0 Å². The highest BCUT2D eigenvalue weighted by atomic mass is 16.5. The number of nitrogens with two attached hydrogens (primary N) is 1. The van der Waals surface area contributed by atoms with Crippen molar-refractivity contribution in [1.29, 1.82) is 0 Å². The molecule has 0 amide bonds. The van der Waals surface area contributed by atoms with Gasteiger partial charge in [-0.1, -0.05) is 31.2 Å². The molecule has 0 bridgehead atoms. The Morgan fingerprint density at radius 1 is 1.14 bits per heavy atom. The monoisotopic (exact) mass is 388 g/mol. The van der Waals surface area contributed by atoms with E-state index in [2.05, 4.69) is 0 Å². The predicted octanol–water partition coefficient (Wildman–Crippen LogP) is 4.73. The van der Waals surface area contributed by atoms with E-state index in [9.17, 15) is 4.79 Å². The third kappa shape index (κ3) is 3.20. The van der Waals surface area contributed by atoms with Crippen molar-refractivity contribution >= 4 is 34.0 Å². The van der Waals surface area contributed by atoms with Gasteiger partial charge in [-0.15, -0.1) is 0 Å². The smallest absolute Gasteiger partial charge is 0.344 e. The number of anilines is 1. The molecule has 29 heavy (non-hydrogen) atoms. The Morgan fingerprint density at radius 2 is 1.83 bits per heavy atom. The van der Waals surface area contributed by atoms with E-state index in [4.69, 9.17) is 20.4 Å². The average Bonchev–Trinajstić information content (AvgIpc) is 2.98. The van der Waals surface area contributed by atoms with Gasteiger partial charge < -0.3 is 10.5 Å². The summed E-state index contributed by atoms with van der Waals surface area (Å²) in [5, 5.41) is 0. The average molecular weight is 388 g/mol. The van der Waals surface area contributed by atoms with Gasteiger partial charge in [-0.3, -0.25) is 4.57 Å². The van der Waals surface area contributed by atoms with E-state index in [1.54, 1.807) is 0 Å². The van der Waals surface area contributed by atoms with E-state index in [1.807, 2.05) is 74.7 Å². The number of fused-ring (bicyclic) bond motifs is 2. The normalized spacial score (nSPS) is 12.4. The number of carbonyl (C=O) groups is 1. The predicted molar refractivity (Wildman–Crippen MR) is 115 cm³/mol. The lowest BCUT2D eigenvalue weighted by molar-refractivity contribution is 0.0338. The van der Waals surface area contributed by atoms with E-state index in [-0.39, 0.29) is 17.5 Å². The highest BCUT2D eigenvalue weighted by Gasteiger charge is 2.27. The van der Waals surface area contributed by atoms with Crippen LogP contribution in [0.15, 0.2) is 42.5 Å². The number of para-hydroxylation sites is 2. The molecule has 0 radical (unpaired) electrons. The maximum atomic E-state index is 13.0. The molecule has 0 aliphatic carbocycles. The molecule has 0 aliphatic heterocycles. The van der Waals surface area contributed by atoms with Gasteiger partial charge in [-0.25, -0.2) is 14.8 Å². The zero-order valence-corrected chi connectivity index (χ0v) is 17.1. The van der Waals surface area contributed by atoms with Crippen LogP contribution in [0.4, 0.5) is 5.82 Å². The summed E-state index contributed by atoms with van der Waals surface area (Å²) in [4.78, 5) is 22.5. The number of hydrogen-bond acceptors (Lipinski definition) is 5. The Bertz CT molecular complexity index is 1240. The lowest BCUT2D eigenvalue weighted by atomic mass is 10.1. The second kappa shape index (κ2) is 7.20. The number of nitrogen functional groups attached to an aromatic ring is 1. The molecule has 148 valence electrons. The van der Waals surface area contributed by atoms with Crippen molar-refractivity contribution in [2.45, 2.75) is 40.2 Å². The first kappa shape index (κ1) is 18.9. The Balaban J connectivity index is 2.07. The first-order valence-electron chi connectivity index (χ1n) is 9.76. The molecule has 0 saturated carbocycles. The Labute approximate surface area is 169 Å². The van der Waals surface area contributed by atoms with Crippen LogP contribution in [0, 0.1) is 13.8 Å². The number of rotatable bonds is 4. The molecule has 2 aromatic heterocycles. The van der Waals surface area contributed by atoms with Gasteiger partial charge in [0.1, 0.15) is 16.9 Å². The molecule has 0 spiro atoms. The summed E-state index contributed by atoms with van der Waals surface area (Å²) in [6.07, 6.45) is 0.505. The van der Waals surface area contributed by atoms with E-state index in [0.717, 1.165) is 28.8 Å². The van der Waals surface area contributed by atoms with Gasteiger partial charge in [0, 0.05) is 0 Å². The number of carbonyl (C=O) groups excluding carboxylic acids is 1. The van der Waals surface area contributed by atoms with E-state index in [0.29, 0.717) is 16.7 Å². The van der Waals surface area contributed by atoms with Gasteiger partial charge >= 0.3 is 5.97 Å². The van der Waals surface area contributed by atoms with Gasteiger partial charge in [0.05, 0.1) is 22.8 Å². The van der Waals surface area contributed by atoms with Crippen molar-refractivity contribution in [3.8, 4) is 5.69 Å². The minimum atomic E-state index is -0.476. The van der Waals surface area contributed by atoms with Gasteiger partial charge in [-0.05, 0) is 56.5 Å². The number of ether oxygens (including phenoxy) is 1. The van der Waals surface area contributed by atoms with Gasteiger partial charge in [0.15, 0.2) is 5.65 Å². The first-order valence-corrected chi connectivity index (χ1v) is 9.76. The molecule has 2 N–H and O–H groups in total. The summed E-state index contributed by atoms with van der Waals surface area (Å²) in [5.74, 6) is -0.187. The summed E-state index contributed by atoms with van der Waals surface area (Å²) < 4.78 is 7.40. The van der Waals surface area contributed by atoms with E-state index in [1.165, 1.54) is 0 Å². The number of aromatic nitrogens is 3. The molecule has 1 atom stereocenters. The topological polar surface area (TPSA) is 83.0 Å². The molecular formula is C23H24N4O2. The summed E-state index contributed by atoms with van der Waals surface area (Å²) in [6.45, 7) is 7.85. The summed E-state index contributed by atoms with van der Waals surface area (Å²) in [7, 11) is 0. The molecule has 0 saturated heterocycles. The van der Waals surface area contributed by atoms with Crippen molar-refractivity contribution < 1.29 is 9.53 Å². The van der Waals surface area contributed by atoms with Crippen molar-refractivity contribution in [3.05, 3.63) is 59.2 Å². The molecule has 6 heteroatoms. The Morgan fingerprint density at radius 3 is 2.52 bits per heavy atom. The van der Waals surface area contributed by atoms with E-state index < -0.39 is 5.97 Å². The summed E-state index contributed by atoms with van der Waals surface area (Å²) in [6, 6.07) is 13.7.